The van der Waals surface area contributed by atoms with Crippen molar-refractivity contribution in [3.63, 3.8) is 0 Å². The van der Waals surface area contributed by atoms with Gasteiger partial charge in [0.15, 0.2) is 5.78 Å². The van der Waals surface area contributed by atoms with Crippen LogP contribution in [-0.4, -0.2) is 75.5 Å². The molecule has 2 saturated heterocycles. The van der Waals surface area contributed by atoms with Gasteiger partial charge in [0.1, 0.15) is 11.5 Å². The largest absolute Gasteiger partial charge is 0.460 e. The first kappa shape index (κ1) is 26.1. The number of epoxide rings is 1. The molecule has 0 N–H and O–H groups in total. The Morgan fingerprint density at radius 2 is 1.77 bits per heavy atom. The van der Waals surface area contributed by atoms with Gasteiger partial charge in [0, 0.05) is 37.8 Å². The number of hydrogen-bond donors (Lipinski definition) is 0. The van der Waals surface area contributed by atoms with E-state index in [4.69, 9.17) is 37.9 Å². The molecule has 1 spiro atoms. The first-order valence-electron chi connectivity index (χ1n) is 12.6. The normalized spacial score (nSPS) is 28.1. The molecule has 0 bridgehead atoms. The maximum absolute atomic E-state index is 14.0. The quantitative estimate of drug-likeness (QED) is 0.275. The molecule has 206 valence electrons. The fraction of sp³-hybridized carbons (Fsp3) is 0.464. The number of aryl methyl sites for hydroxylation is 1. The van der Waals surface area contributed by atoms with Gasteiger partial charge in [0.2, 0.25) is 24.0 Å². The average Bonchev–Trinajstić information content (AvgIpc) is 3.73. The minimum absolute atomic E-state index is 0.00398. The number of fused-ring (bicyclic) bond motifs is 4. The van der Waals surface area contributed by atoms with Crippen molar-refractivity contribution in [3.05, 3.63) is 57.6 Å². The van der Waals surface area contributed by atoms with Crippen LogP contribution in [0.2, 0.25) is 0 Å². The molecule has 2 fully saturated rings. The Labute approximate surface area is 224 Å². The Morgan fingerprint density at radius 3 is 2.41 bits per heavy atom. The van der Waals surface area contributed by atoms with E-state index in [-0.39, 0.29) is 47.0 Å². The number of methoxy groups -OCH3 is 2. The highest BCUT2D eigenvalue weighted by Crippen LogP contribution is 2.52. The molecule has 4 aliphatic rings. The van der Waals surface area contributed by atoms with Gasteiger partial charge in [-0.25, -0.2) is 0 Å². The van der Waals surface area contributed by atoms with Crippen LogP contribution in [0.15, 0.2) is 24.3 Å². The molecular formula is C28H28O11. The summed E-state index contributed by atoms with van der Waals surface area (Å²) in [5.41, 5.74) is 0.203. The maximum atomic E-state index is 14.0. The van der Waals surface area contributed by atoms with E-state index < -0.39 is 41.5 Å². The van der Waals surface area contributed by atoms with E-state index in [1.54, 1.807) is 19.1 Å². The molecule has 3 atom stereocenters. The third-order valence-corrected chi connectivity index (χ3v) is 7.57. The standard InChI is InChI=1S/C28H28O11/c1-14-11-17-21(23(31)20-16(22(17)30)7-5-8-19(20)38-15(2)29)24-18(14)12-36-28(33-4,26-34-9-6-10-35-26)27(13-37-27)25(32-3)39-24/h5,7-8,11,25-26H,6,9-10,12-13H2,1-4H3/t25-,27+,28?/m1/s1. The van der Waals surface area contributed by atoms with Crippen LogP contribution in [-0.2, 0) is 39.8 Å². The van der Waals surface area contributed by atoms with Crippen molar-refractivity contribution >= 4 is 17.5 Å². The monoisotopic (exact) mass is 540 g/mol. The van der Waals surface area contributed by atoms with Gasteiger partial charge in [-0.05, 0) is 31.0 Å². The Morgan fingerprint density at radius 1 is 1.03 bits per heavy atom. The number of hydrogen-bond acceptors (Lipinski definition) is 11. The molecule has 1 unspecified atom stereocenters. The molecule has 3 heterocycles. The van der Waals surface area contributed by atoms with Crippen molar-refractivity contribution in [3.8, 4) is 11.5 Å². The summed E-state index contributed by atoms with van der Waals surface area (Å²) in [5, 5.41) is 0. The van der Waals surface area contributed by atoms with Crippen molar-refractivity contribution in [2.45, 2.75) is 50.8 Å². The van der Waals surface area contributed by atoms with E-state index in [1.807, 2.05) is 0 Å². The molecule has 3 aliphatic heterocycles. The van der Waals surface area contributed by atoms with Crippen LogP contribution in [0.4, 0.5) is 0 Å². The number of rotatable bonds is 4. The zero-order chi connectivity index (χ0) is 27.5. The summed E-state index contributed by atoms with van der Waals surface area (Å²) in [5.74, 6) is -2.96. The third kappa shape index (κ3) is 3.76. The van der Waals surface area contributed by atoms with E-state index in [0.29, 0.717) is 24.3 Å². The Hall–Kier alpha value is -3.19. The molecule has 2 aromatic carbocycles. The van der Waals surface area contributed by atoms with Crippen LogP contribution in [0.1, 0.15) is 56.3 Å². The van der Waals surface area contributed by atoms with Crippen molar-refractivity contribution in [1.82, 2.24) is 0 Å². The van der Waals surface area contributed by atoms with E-state index in [2.05, 4.69) is 0 Å². The van der Waals surface area contributed by atoms with Gasteiger partial charge < -0.3 is 37.9 Å². The van der Waals surface area contributed by atoms with Gasteiger partial charge >= 0.3 is 5.97 Å². The molecule has 1 aliphatic carbocycles. The summed E-state index contributed by atoms with van der Waals surface area (Å²) < 4.78 is 47.6. The SMILES string of the molecule is CO[C@@H]1Oc2c(c(C)cc3c2C(=O)c2c(OC(C)=O)cccc2C3=O)COC(OC)(C2OCCCO2)[C@]12CO2. The second kappa shape index (κ2) is 9.47. The molecule has 0 saturated carbocycles. The molecule has 0 aromatic heterocycles. The molecule has 11 nitrogen and oxygen atoms in total. The van der Waals surface area contributed by atoms with Gasteiger partial charge in [-0.1, -0.05) is 12.1 Å². The predicted octanol–water partition coefficient (Wildman–Crippen LogP) is 2.45. The zero-order valence-corrected chi connectivity index (χ0v) is 22.0. The molecular weight excluding hydrogens is 512 g/mol. The summed E-state index contributed by atoms with van der Waals surface area (Å²) in [6.45, 7) is 3.96. The molecule has 2 aromatic rings. The highest BCUT2D eigenvalue weighted by atomic mass is 16.8. The second-order valence-electron chi connectivity index (χ2n) is 9.81. The van der Waals surface area contributed by atoms with Crippen molar-refractivity contribution in [1.29, 1.82) is 0 Å². The summed E-state index contributed by atoms with van der Waals surface area (Å²) >= 11 is 0. The van der Waals surface area contributed by atoms with Gasteiger partial charge in [-0.15, -0.1) is 0 Å². The van der Waals surface area contributed by atoms with Crippen LogP contribution >= 0.6 is 0 Å². The average molecular weight is 541 g/mol. The summed E-state index contributed by atoms with van der Waals surface area (Å²) in [6.07, 6.45) is -1.35. The second-order valence-corrected chi connectivity index (χ2v) is 9.81. The smallest absolute Gasteiger partial charge is 0.308 e. The first-order valence-corrected chi connectivity index (χ1v) is 12.6. The Balaban J connectivity index is 1.51. The lowest BCUT2D eigenvalue weighted by Crippen LogP contribution is -2.66. The summed E-state index contributed by atoms with van der Waals surface area (Å²) in [6, 6.07) is 6.20. The number of ketones is 2. The van der Waals surface area contributed by atoms with Crippen LogP contribution in [0, 0.1) is 6.92 Å². The minimum atomic E-state index is -1.55. The number of carbonyl (C=O) groups excluding carboxylic acids is 3. The van der Waals surface area contributed by atoms with Crippen LogP contribution < -0.4 is 9.47 Å². The number of ether oxygens (including phenoxy) is 8. The summed E-state index contributed by atoms with van der Waals surface area (Å²) in [4.78, 5) is 39.4. The van der Waals surface area contributed by atoms with Gasteiger partial charge in [-0.3, -0.25) is 14.4 Å². The fourth-order valence-corrected chi connectivity index (χ4v) is 5.63. The molecule has 6 rings (SSSR count). The number of carbonyl (C=O) groups is 3. The molecule has 0 radical (unpaired) electrons. The topological polar surface area (TPSA) is 128 Å². The lowest BCUT2D eigenvalue weighted by atomic mass is 9.80. The first-order chi connectivity index (χ1) is 18.8. The van der Waals surface area contributed by atoms with E-state index in [9.17, 15) is 14.4 Å². The Bertz CT molecular complexity index is 1370. The molecule has 0 amide bonds. The zero-order valence-electron chi connectivity index (χ0n) is 22.0. The van der Waals surface area contributed by atoms with E-state index in [1.165, 1.54) is 33.3 Å². The lowest BCUT2D eigenvalue weighted by molar-refractivity contribution is -0.398. The van der Waals surface area contributed by atoms with Crippen molar-refractivity contribution in [2.24, 2.45) is 0 Å². The summed E-state index contributed by atoms with van der Waals surface area (Å²) in [7, 11) is 2.90. The van der Waals surface area contributed by atoms with Crippen molar-refractivity contribution in [2.75, 3.05) is 34.0 Å². The van der Waals surface area contributed by atoms with Gasteiger partial charge in [-0.2, -0.15) is 0 Å². The Kier molecular flexibility index (Phi) is 6.33. The molecule has 11 heteroatoms. The molecule has 39 heavy (non-hydrogen) atoms. The van der Waals surface area contributed by atoms with Gasteiger partial charge in [0.25, 0.3) is 5.79 Å². The fourth-order valence-electron chi connectivity index (χ4n) is 5.63. The van der Waals surface area contributed by atoms with Gasteiger partial charge in [0.05, 0.1) is 37.6 Å². The van der Waals surface area contributed by atoms with Crippen LogP contribution in [0.3, 0.4) is 0 Å². The predicted molar refractivity (Wildman–Crippen MR) is 131 cm³/mol. The number of esters is 1. The maximum Gasteiger partial charge on any atom is 0.308 e. The highest BCUT2D eigenvalue weighted by Gasteiger charge is 2.75. The van der Waals surface area contributed by atoms with E-state index in [0.717, 1.165) is 6.42 Å². The minimum Gasteiger partial charge on any atom is -0.460 e. The number of benzene rings is 2. The van der Waals surface area contributed by atoms with Crippen LogP contribution in [0.25, 0.3) is 0 Å². The third-order valence-electron chi connectivity index (χ3n) is 7.57. The highest BCUT2D eigenvalue weighted by molar-refractivity contribution is 6.30. The van der Waals surface area contributed by atoms with Crippen LogP contribution in [0.5, 0.6) is 11.5 Å². The van der Waals surface area contributed by atoms with E-state index >= 15 is 0 Å². The lowest BCUT2D eigenvalue weighted by Gasteiger charge is -2.46. The van der Waals surface area contributed by atoms with Crippen molar-refractivity contribution < 1.29 is 52.3 Å².